The van der Waals surface area contributed by atoms with E-state index in [1.54, 1.807) is 0 Å². The van der Waals surface area contributed by atoms with Crippen molar-refractivity contribution in [1.29, 1.82) is 0 Å². The summed E-state index contributed by atoms with van der Waals surface area (Å²) in [6.07, 6.45) is 3.00. The number of carbonyl (C=O) groups excluding carboxylic acids is 1. The molecule has 0 saturated heterocycles. The molecule has 1 aliphatic carbocycles. The Kier molecular flexibility index (Phi) is 6.53. The molecule has 1 heterocycles. The molecule has 0 spiro atoms. The van der Waals surface area contributed by atoms with Crippen LogP contribution in [0.4, 0.5) is 0 Å². The van der Waals surface area contributed by atoms with Crippen LogP contribution in [0.5, 0.6) is 0 Å². The Bertz CT molecular complexity index is 1500. The summed E-state index contributed by atoms with van der Waals surface area (Å²) in [4.78, 5) is 13.0. The molecule has 184 valence electrons. The number of nitrogens with one attached hydrogen (secondary N) is 2. The lowest BCUT2D eigenvalue weighted by atomic mass is 10.0. The smallest absolute Gasteiger partial charge is 0.251 e. The number of hydrogen-bond acceptors (Lipinski definition) is 3. The summed E-state index contributed by atoms with van der Waals surface area (Å²) in [6.45, 7) is 0.566. The Morgan fingerprint density at radius 3 is 2.54 bits per heavy atom. The summed E-state index contributed by atoms with van der Waals surface area (Å²) in [5.74, 6) is -0.0646. The van der Waals surface area contributed by atoms with Crippen LogP contribution in [0.25, 0.3) is 33.3 Å². The van der Waals surface area contributed by atoms with Gasteiger partial charge < -0.3 is 10.1 Å². The van der Waals surface area contributed by atoms with Crippen LogP contribution in [-0.4, -0.2) is 28.3 Å². The van der Waals surface area contributed by atoms with Crippen LogP contribution in [0, 0.1) is 0 Å². The maximum atomic E-state index is 13.0. The van der Waals surface area contributed by atoms with Gasteiger partial charge in [-0.2, -0.15) is 5.10 Å². The topological polar surface area (TPSA) is 67.0 Å². The summed E-state index contributed by atoms with van der Waals surface area (Å²) in [7, 11) is 0. The van der Waals surface area contributed by atoms with Crippen LogP contribution < -0.4 is 5.32 Å². The van der Waals surface area contributed by atoms with Gasteiger partial charge in [0.15, 0.2) is 0 Å². The summed E-state index contributed by atoms with van der Waals surface area (Å²) in [6, 6.07) is 34.5. The SMILES string of the molecule is O=C(N[C@H]1CCC[C@@H]1OCc1ccccc1)c1ccc(-c2cc(-c3cccc4ccccc34)[nH]n2)cc1. The number of hydrogen-bond donors (Lipinski definition) is 2. The first kappa shape index (κ1) is 23.2. The molecule has 37 heavy (non-hydrogen) atoms. The number of fused-ring (bicyclic) bond motifs is 1. The Labute approximate surface area is 216 Å². The molecule has 1 aromatic heterocycles. The maximum absolute atomic E-state index is 13.0. The fourth-order valence-electron chi connectivity index (χ4n) is 5.18. The lowest BCUT2D eigenvalue weighted by molar-refractivity contribution is 0.0272. The molecule has 0 unspecified atom stereocenters. The van der Waals surface area contributed by atoms with Crippen molar-refractivity contribution in [2.24, 2.45) is 0 Å². The Morgan fingerprint density at radius 1 is 0.892 bits per heavy atom. The minimum Gasteiger partial charge on any atom is -0.371 e. The zero-order valence-electron chi connectivity index (χ0n) is 20.6. The molecule has 1 fully saturated rings. The third-order valence-corrected chi connectivity index (χ3v) is 7.18. The molecule has 0 aliphatic heterocycles. The van der Waals surface area contributed by atoms with Crippen molar-refractivity contribution in [2.45, 2.75) is 38.0 Å². The maximum Gasteiger partial charge on any atom is 0.251 e. The van der Waals surface area contributed by atoms with Gasteiger partial charge in [0.25, 0.3) is 5.91 Å². The highest BCUT2D eigenvalue weighted by Gasteiger charge is 2.29. The van der Waals surface area contributed by atoms with Crippen LogP contribution in [0.15, 0.2) is 103 Å². The minimum atomic E-state index is -0.0646. The van der Waals surface area contributed by atoms with Gasteiger partial charge in [-0.1, -0.05) is 84.9 Å². The average molecular weight is 488 g/mol. The molecule has 6 rings (SSSR count). The summed E-state index contributed by atoms with van der Waals surface area (Å²) < 4.78 is 6.15. The molecular weight excluding hydrogens is 458 g/mol. The second-order valence-corrected chi connectivity index (χ2v) is 9.62. The lowest BCUT2D eigenvalue weighted by Gasteiger charge is -2.21. The monoisotopic (exact) mass is 487 g/mol. The van der Waals surface area contributed by atoms with Crippen molar-refractivity contribution in [3.8, 4) is 22.5 Å². The molecule has 0 radical (unpaired) electrons. The molecule has 2 N–H and O–H groups in total. The molecule has 5 nitrogen and oxygen atoms in total. The molecule has 1 aliphatic rings. The van der Waals surface area contributed by atoms with Gasteiger partial charge in [0.2, 0.25) is 0 Å². The molecular formula is C32H29N3O2. The van der Waals surface area contributed by atoms with Crippen LogP contribution in [0.2, 0.25) is 0 Å². The van der Waals surface area contributed by atoms with E-state index in [0.717, 1.165) is 47.3 Å². The van der Waals surface area contributed by atoms with E-state index in [0.29, 0.717) is 12.2 Å². The second-order valence-electron chi connectivity index (χ2n) is 9.62. The van der Waals surface area contributed by atoms with Crippen LogP contribution >= 0.6 is 0 Å². The average Bonchev–Trinajstić information content (AvgIpc) is 3.62. The van der Waals surface area contributed by atoms with Gasteiger partial charge in [-0.25, -0.2) is 0 Å². The van der Waals surface area contributed by atoms with E-state index < -0.39 is 0 Å². The number of amides is 1. The van der Waals surface area contributed by atoms with E-state index in [-0.39, 0.29) is 18.1 Å². The third-order valence-electron chi connectivity index (χ3n) is 7.18. The molecule has 2 atom stereocenters. The fourth-order valence-corrected chi connectivity index (χ4v) is 5.18. The Morgan fingerprint density at radius 2 is 1.68 bits per heavy atom. The lowest BCUT2D eigenvalue weighted by Crippen LogP contribution is -2.41. The van der Waals surface area contributed by atoms with Crippen molar-refractivity contribution >= 4 is 16.7 Å². The highest BCUT2D eigenvalue weighted by atomic mass is 16.5. The van der Waals surface area contributed by atoms with Gasteiger partial charge in [-0.3, -0.25) is 9.89 Å². The number of benzene rings is 4. The van der Waals surface area contributed by atoms with E-state index in [1.807, 2.05) is 48.5 Å². The predicted molar refractivity (Wildman–Crippen MR) is 147 cm³/mol. The molecule has 0 bridgehead atoms. The van der Waals surface area contributed by atoms with E-state index in [4.69, 9.17) is 4.74 Å². The van der Waals surface area contributed by atoms with Gasteiger partial charge in [0.1, 0.15) is 0 Å². The van der Waals surface area contributed by atoms with E-state index >= 15 is 0 Å². The molecule has 1 amide bonds. The van der Waals surface area contributed by atoms with Crippen LogP contribution in [0.1, 0.15) is 35.2 Å². The first-order valence-corrected chi connectivity index (χ1v) is 12.8. The minimum absolute atomic E-state index is 0.0329. The third kappa shape index (κ3) is 5.04. The van der Waals surface area contributed by atoms with Crippen molar-refractivity contribution in [3.63, 3.8) is 0 Å². The Balaban J connectivity index is 1.12. The normalized spacial score (nSPS) is 17.2. The van der Waals surface area contributed by atoms with Crippen molar-refractivity contribution < 1.29 is 9.53 Å². The second kappa shape index (κ2) is 10.4. The number of aromatic amines is 1. The van der Waals surface area contributed by atoms with Gasteiger partial charge in [-0.05, 0) is 53.8 Å². The first-order chi connectivity index (χ1) is 18.2. The quantitative estimate of drug-likeness (QED) is 0.266. The van der Waals surface area contributed by atoms with Gasteiger partial charge in [0, 0.05) is 16.7 Å². The largest absolute Gasteiger partial charge is 0.371 e. The highest BCUT2D eigenvalue weighted by Crippen LogP contribution is 2.30. The number of ether oxygens (including phenoxy) is 1. The van der Waals surface area contributed by atoms with Gasteiger partial charge in [-0.15, -0.1) is 0 Å². The fraction of sp³-hybridized carbons (Fsp3) is 0.188. The van der Waals surface area contributed by atoms with Crippen LogP contribution in [0.3, 0.4) is 0 Å². The number of H-pyrrole nitrogens is 1. The zero-order chi connectivity index (χ0) is 25.0. The molecule has 5 aromatic rings. The number of aromatic nitrogens is 2. The highest BCUT2D eigenvalue weighted by molar-refractivity contribution is 5.96. The number of rotatable bonds is 7. The van der Waals surface area contributed by atoms with E-state index in [9.17, 15) is 4.79 Å². The van der Waals surface area contributed by atoms with Gasteiger partial charge >= 0.3 is 0 Å². The summed E-state index contributed by atoms with van der Waals surface area (Å²) in [5, 5.41) is 13.3. The first-order valence-electron chi connectivity index (χ1n) is 12.8. The molecule has 4 aromatic carbocycles. The standard InChI is InChI=1S/C32H29N3O2/c36-32(33-28-14-7-15-31(28)37-21-22-8-2-1-3-9-22)25-18-16-24(17-19-25)29-20-30(35-34-29)27-13-6-11-23-10-4-5-12-26(23)27/h1-6,8-13,16-20,28,31H,7,14-15,21H2,(H,33,36)(H,34,35)/t28-,31-/m0/s1. The zero-order valence-corrected chi connectivity index (χ0v) is 20.6. The summed E-state index contributed by atoms with van der Waals surface area (Å²) in [5.41, 5.74) is 5.69. The molecule has 1 saturated carbocycles. The van der Waals surface area contributed by atoms with E-state index in [1.165, 1.54) is 10.8 Å². The molecule has 5 heteroatoms. The summed E-state index contributed by atoms with van der Waals surface area (Å²) >= 11 is 0. The number of carbonyl (C=O) groups is 1. The van der Waals surface area contributed by atoms with Crippen molar-refractivity contribution in [3.05, 3.63) is 114 Å². The van der Waals surface area contributed by atoms with Gasteiger partial charge in [0.05, 0.1) is 30.1 Å². The Hall–Kier alpha value is -4.22. The predicted octanol–water partition coefficient (Wildman–Crippen LogP) is 6.76. The number of nitrogens with zero attached hydrogens (tertiary/aromatic N) is 1. The van der Waals surface area contributed by atoms with Crippen molar-refractivity contribution in [2.75, 3.05) is 0 Å². The van der Waals surface area contributed by atoms with Crippen LogP contribution in [-0.2, 0) is 11.3 Å². The van der Waals surface area contributed by atoms with E-state index in [2.05, 4.69) is 70.1 Å². The van der Waals surface area contributed by atoms with Crippen molar-refractivity contribution in [1.82, 2.24) is 15.5 Å².